The zero-order chi connectivity index (χ0) is 22.6. The Balaban J connectivity index is 1.77. The highest BCUT2D eigenvalue weighted by Gasteiger charge is 2.18. The molecule has 2 aromatic carbocycles. The lowest BCUT2D eigenvalue weighted by Crippen LogP contribution is -2.28. The van der Waals surface area contributed by atoms with E-state index in [1.165, 1.54) is 19.2 Å². The molecule has 0 saturated heterocycles. The molecule has 0 aromatic heterocycles. The molecule has 0 aliphatic carbocycles. The molecular formula is C22H27N3O6. The SMILES string of the molecule is COCCNc1ccc(C(=O)OCCNC(=O)CCc2ccc(C)cc2)cc1[N+](=O)[O-]. The number of nitrogens with one attached hydrogen (secondary N) is 2. The van der Waals surface area contributed by atoms with Gasteiger partial charge in [0.15, 0.2) is 0 Å². The van der Waals surface area contributed by atoms with Gasteiger partial charge in [-0.15, -0.1) is 0 Å². The van der Waals surface area contributed by atoms with Crippen LogP contribution in [-0.4, -0.2) is 50.2 Å². The van der Waals surface area contributed by atoms with Crippen LogP contribution in [-0.2, 0) is 20.7 Å². The molecule has 31 heavy (non-hydrogen) atoms. The van der Waals surface area contributed by atoms with Crippen LogP contribution in [0.5, 0.6) is 0 Å². The first kappa shape index (κ1) is 23.8. The lowest BCUT2D eigenvalue weighted by Gasteiger charge is -2.09. The normalized spacial score (nSPS) is 10.4. The summed E-state index contributed by atoms with van der Waals surface area (Å²) in [7, 11) is 1.53. The van der Waals surface area contributed by atoms with Gasteiger partial charge in [-0.25, -0.2) is 4.79 Å². The maximum absolute atomic E-state index is 12.2. The van der Waals surface area contributed by atoms with Gasteiger partial charge in [0.2, 0.25) is 5.91 Å². The van der Waals surface area contributed by atoms with Crippen molar-refractivity contribution < 1.29 is 24.0 Å². The fraction of sp³-hybridized carbons (Fsp3) is 0.364. The van der Waals surface area contributed by atoms with Gasteiger partial charge in [-0.1, -0.05) is 29.8 Å². The number of ether oxygens (including phenoxy) is 2. The summed E-state index contributed by atoms with van der Waals surface area (Å²) >= 11 is 0. The summed E-state index contributed by atoms with van der Waals surface area (Å²) in [6.07, 6.45) is 0.959. The molecule has 0 aliphatic heterocycles. The average Bonchev–Trinajstić information content (AvgIpc) is 2.76. The van der Waals surface area contributed by atoms with Crippen molar-refractivity contribution in [1.82, 2.24) is 5.32 Å². The molecule has 9 heteroatoms. The summed E-state index contributed by atoms with van der Waals surface area (Å²) in [5, 5.41) is 16.9. The zero-order valence-corrected chi connectivity index (χ0v) is 17.7. The van der Waals surface area contributed by atoms with Crippen LogP contribution in [0, 0.1) is 17.0 Å². The van der Waals surface area contributed by atoms with Crippen LogP contribution in [0.15, 0.2) is 42.5 Å². The molecule has 166 valence electrons. The largest absolute Gasteiger partial charge is 0.460 e. The van der Waals surface area contributed by atoms with Gasteiger partial charge in [0.25, 0.3) is 5.69 Å². The lowest BCUT2D eigenvalue weighted by atomic mass is 10.1. The van der Waals surface area contributed by atoms with Crippen molar-refractivity contribution >= 4 is 23.3 Å². The minimum atomic E-state index is -0.694. The average molecular weight is 429 g/mol. The number of amides is 1. The first-order valence-electron chi connectivity index (χ1n) is 9.91. The van der Waals surface area contributed by atoms with E-state index in [0.29, 0.717) is 31.7 Å². The number of benzene rings is 2. The van der Waals surface area contributed by atoms with E-state index in [2.05, 4.69) is 10.6 Å². The van der Waals surface area contributed by atoms with E-state index in [4.69, 9.17) is 9.47 Å². The van der Waals surface area contributed by atoms with Crippen molar-refractivity contribution in [1.29, 1.82) is 0 Å². The Morgan fingerprint density at radius 3 is 2.48 bits per heavy atom. The Morgan fingerprint density at radius 1 is 1.06 bits per heavy atom. The highest BCUT2D eigenvalue weighted by atomic mass is 16.6. The van der Waals surface area contributed by atoms with Crippen LogP contribution in [0.3, 0.4) is 0 Å². The van der Waals surface area contributed by atoms with E-state index >= 15 is 0 Å². The van der Waals surface area contributed by atoms with Crippen LogP contribution < -0.4 is 10.6 Å². The molecule has 0 fully saturated rings. The maximum atomic E-state index is 12.2. The van der Waals surface area contributed by atoms with Crippen LogP contribution in [0.4, 0.5) is 11.4 Å². The van der Waals surface area contributed by atoms with Crippen molar-refractivity contribution in [3.63, 3.8) is 0 Å². The second-order valence-corrected chi connectivity index (χ2v) is 6.88. The van der Waals surface area contributed by atoms with Gasteiger partial charge in [0.1, 0.15) is 12.3 Å². The number of hydrogen-bond donors (Lipinski definition) is 2. The van der Waals surface area contributed by atoms with E-state index in [9.17, 15) is 19.7 Å². The van der Waals surface area contributed by atoms with E-state index in [1.807, 2.05) is 31.2 Å². The highest BCUT2D eigenvalue weighted by Crippen LogP contribution is 2.25. The molecule has 0 saturated carbocycles. The fourth-order valence-electron chi connectivity index (χ4n) is 2.77. The number of nitrogens with zero attached hydrogens (tertiary/aromatic N) is 1. The predicted molar refractivity (Wildman–Crippen MR) is 116 cm³/mol. The van der Waals surface area contributed by atoms with Crippen LogP contribution in [0.2, 0.25) is 0 Å². The zero-order valence-electron chi connectivity index (χ0n) is 17.7. The minimum Gasteiger partial charge on any atom is -0.460 e. The second-order valence-electron chi connectivity index (χ2n) is 6.88. The number of anilines is 1. The summed E-state index contributed by atoms with van der Waals surface area (Å²) in [6.45, 7) is 2.92. The molecule has 1 amide bonds. The van der Waals surface area contributed by atoms with Crippen molar-refractivity contribution in [2.75, 3.05) is 38.7 Å². The molecule has 0 radical (unpaired) electrons. The molecule has 0 aliphatic rings. The standard InChI is InChI=1S/C22H27N3O6/c1-16-3-5-17(6-4-16)7-10-21(26)24-12-14-31-22(27)18-8-9-19(23-11-13-30-2)20(15-18)25(28)29/h3-6,8-9,15,23H,7,10-14H2,1-2H3,(H,24,26). The lowest BCUT2D eigenvalue weighted by molar-refractivity contribution is -0.384. The monoisotopic (exact) mass is 429 g/mol. The maximum Gasteiger partial charge on any atom is 0.338 e. The summed E-state index contributed by atoms with van der Waals surface area (Å²) in [5.41, 5.74) is 2.37. The third kappa shape index (κ3) is 8.06. The Hall–Kier alpha value is -3.46. The molecule has 9 nitrogen and oxygen atoms in total. The molecule has 0 bridgehead atoms. The van der Waals surface area contributed by atoms with E-state index < -0.39 is 10.9 Å². The summed E-state index contributed by atoms with van der Waals surface area (Å²) in [6, 6.07) is 12.0. The smallest absolute Gasteiger partial charge is 0.338 e. The number of methoxy groups -OCH3 is 1. The molecule has 2 aromatic rings. The molecular weight excluding hydrogens is 402 g/mol. The van der Waals surface area contributed by atoms with Gasteiger partial charge in [-0.2, -0.15) is 0 Å². The molecule has 0 heterocycles. The number of hydrogen-bond acceptors (Lipinski definition) is 7. The summed E-state index contributed by atoms with van der Waals surface area (Å²) in [4.78, 5) is 34.8. The Morgan fingerprint density at radius 2 is 1.81 bits per heavy atom. The number of nitro groups is 1. The number of nitro benzene ring substituents is 1. The number of carbonyl (C=O) groups excluding carboxylic acids is 2. The Kier molecular flexibility index (Phi) is 9.44. The van der Waals surface area contributed by atoms with Gasteiger partial charge in [0, 0.05) is 26.1 Å². The highest BCUT2D eigenvalue weighted by molar-refractivity contribution is 5.91. The first-order chi connectivity index (χ1) is 14.9. The van der Waals surface area contributed by atoms with Gasteiger partial charge in [-0.05, 0) is 31.0 Å². The van der Waals surface area contributed by atoms with Crippen LogP contribution in [0.1, 0.15) is 27.9 Å². The van der Waals surface area contributed by atoms with Crippen molar-refractivity contribution in [3.8, 4) is 0 Å². The van der Waals surface area contributed by atoms with Crippen LogP contribution >= 0.6 is 0 Å². The third-order valence-electron chi connectivity index (χ3n) is 4.47. The van der Waals surface area contributed by atoms with Crippen molar-refractivity contribution in [2.24, 2.45) is 0 Å². The molecule has 0 spiro atoms. The predicted octanol–water partition coefficient (Wildman–Crippen LogP) is 2.87. The van der Waals surface area contributed by atoms with Crippen molar-refractivity contribution in [2.45, 2.75) is 19.8 Å². The van der Waals surface area contributed by atoms with Gasteiger partial charge < -0.3 is 20.1 Å². The minimum absolute atomic E-state index is 0.0310. The molecule has 2 N–H and O–H groups in total. The van der Waals surface area contributed by atoms with E-state index in [0.717, 1.165) is 17.2 Å². The summed E-state index contributed by atoms with van der Waals surface area (Å²) in [5.74, 6) is -0.834. The molecule has 0 unspecified atom stereocenters. The third-order valence-corrected chi connectivity index (χ3v) is 4.47. The second kappa shape index (κ2) is 12.3. The molecule has 0 atom stereocenters. The topological polar surface area (TPSA) is 120 Å². The fourth-order valence-corrected chi connectivity index (χ4v) is 2.77. The number of aryl methyl sites for hydroxylation is 2. The Labute approximate surface area is 180 Å². The Bertz CT molecular complexity index is 899. The van der Waals surface area contributed by atoms with Crippen molar-refractivity contribution in [3.05, 3.63) is 69.3 Å². The van der Waals surface area contributed by atoms with Crippen LogP contribution in [0.25, 0.3) is 0 Å². The first-order valence-corrected chi connectivity index (χ1v) is 9.91. The van der Waals surface area contributed by atoms with Gasteiger partial charge in [0.05, 0.1) is 23.6 Å². The number of carbonyl (C=O) groups is 2. The number of esters is 1. The van der Waals surface area contributed by atoms with Gasteiger partial charge >= 0.3 is 5.97 Å². The van der Waals surface area contributed by atoms with E-state index in [-0.39, 0.29) is 30.3 Å². The quantitative estimate of drug-likeness (QED) is 0.230. The number of rotatable bonds is 12. The van der Waals surface area contributed by atoms with Gasteiger partial charge in [-0.3, -0.25) is 14.9 Å². The van der Waals surface area contributed by atoms with E-state index in [1.54, 1.807) is 0 Å². The summed E-state index contributed by atoms with van der Waals surface area (Å²) < 4.78 is 10.0. The molecule has 2 rings (SSSR count).